The van der Waals surface area contributed by atoms with E-state index in [0.29, 0.717) is 16.7 Å². The molecule has 0 saturated carbocycles. The lowest BCUT2D eigenvalue weighted by atomic mass is 10.1. The van der Waals surface area contributed by atoms with Crippen LogP contribution in [0.3, 0.4) is 0 Å². The molecule has 0 bridgehead atoms. The van der Waals surface area contributed by atoms with Crippen LogP contribution in [0.25, 0.3) is 11.6 Å². The van der Waals surface area contributed by atoms with Crippen LogP contribution in [-0.2, 0) is 9.59 Å². The molecule has 1 aromatic carbocycles. The van der Waals surface area contributed by atoms with Crippen LogP contribution in [-0.4, -0.2) is 39.0 Å². The maximum absolute atomic E-state index is 12.2. The predicted octanol–water partition coefficient (Wildman–Crippen LogP) is 2.02. The van der Waals surface area contributed by atoms with Crippen LogP contribution in [0.2, 0.25) is 0 Å². The van der Waals surface area contributed by atoms with Crippen LogP contribution in [0, 0.1) is 20.8 Å². The molecule has 10 heteroatoms. The van der Waals surface area contributed by atoms with Gasteiger partial charge in [-0.3, -0.25) is 9.59 Å². The van der Waals surface area contributed by atoms with Gasteiger partial charge in [-0.25, -0.2) is 4.68 Å². The van der Waals surface area contributed by atoms with Gasteiger partial charge in [-0.2, -0.15) is 0 Å². The lowest BCUT2D eigenvalue weighted by Crippen LogP contribution is -2.34. The Balaban J connectivity index is 1.49. The van der Waals surface area contributed by atoms with Gasteiger partial charge in [-0.1, -0.05) is 29.5 Å². The Bertz CT molecular complexity index is 1010. The molecule has 2 aromatic heterocycles. The summed E-state index contributed by atoms with van der Waals surface area (Å²) in [6.45, 7) is 5.75. The van der Waals surface area contributed by atoms with Crippen molar-refractivity contribution in [1.29, 1.82) is 0 Å². The molecule has 4 N–H and O–H groups in total. The summed E-state index contributed by atoms with van der Waals surface area (Å²) < 4.78 is 6.50. The molecule has 3 rings (SSSR count). The number of thioether (sulfide) groups is 1. The van der Waals surface area contributed by atoms with Crippen LogP contribution >= 0.6 is 11.8 Å². The van der Waals surface area contributed by atoms with Crippen molar-refractivity contribution in [2.24, 2.45) is 0 Å². The van der Waals surface area contributed by atoms with Crippen LogP contribution < -0.4 is 16.5 Å². The first-order valence-corrected chi connectivity index (χ1v) is 9.85. The SMILES string of the molecule is Cc1cc(C)c(NC(=O)CNC(=O)CSc2nnc(-c3ccco3)n2N)c(C)c1. The Hall–Kier alpha value is -3.27. The molecule has 0 aliphatic carbocycles. The van der Waals surface area contributed by atoms with Gasteiger partial charge < -0.3 is 20.9 Å². The van der Waals surface area contributed by atoms with Crippen molar-refractivity contribution in [3.05, 3.63) is 47.2 Å². The topological polar surface area (TPSA) is 128 Å². The second kappa shape index (κ2) is 8.82. The summed E-state index contributed by atoms with van der Waals surface area (Å²) >= 11 is 1.11. The summed E-state index contributed by atoms with van der Waals surface area (Å²) in [4.78, 5) is 24.2. The van der Waals surface area contributed by atoms with Gasteiger partial charge in [0.2, 0.25) is 22.8 Å². The molecule has 2 heterocycles. The van der Waals surface area contributed by atoms with Crippen molar-refractivity contribution < 1.29 is 14.0 Å². The van der Waals surface area contributed by atoms with Crippen molar-refractivity contribution in [1.82, 2.24) is 20.2 Å². The molecule has 0 atom stereocenters. The fourth-order valence-corrected chi connectivity index (χ4v) is 3.56. The number of benzene rings is 1. The minimum atomic E-state index is -0.315. The molecule has 3 aromatic rings. The number of amides is 2. The highest BCUT2D eigenvalue weighted by Gasteiger charge is 2.16. The number of nitrogens with zero attached hydrogens (tertiary/aromatic N) is 3. The first-order chi connectivity index (χ1) is 13.8. The van der Waals surface area contributed by atoms with Crippen LogP contribution in [0.5, 0.6) is 0 Å². The predicted molar refractivity (Wildman–Crippen MR) is 111 cm³/mol. The molecule has 9 nitrogen and oxygen atoms in total. The minimum absolute atomic E-state index is 0.0450. The van der Waals surface area contributed by atoms with E-state index in [0.717, 1.165) is 34.1 Å². The normalized spacial score (nSPS) is 10.7. The zero-order valence-electron chi connectivity index (χ0n) is 16.4. The Morgan fingerprint density at radius 3 is 2.55 bits per heavy atom. The standard InChI is InChI=1S/C19H22N6O3S/c1-11-7-12(2)17(13(3)8-11)22-15(26)9-21-16(27)10-29-19-24-23-18(25(19)20)14-5-4-6-28-14/h4-8H,9-10,20H2,1-3H3,(H,21,27)(H,22,26). The molecular weight excluding hydrogens is 392 g/mol. The van der Waals surface area contributed by atoms with Crippen LogP contribution in [0.15, 0.2) is 40.1 Å². The number of carbonyl (C=O) groups excluding carboxylic acids is 2. The summed E-state index contributed by atoms with van der Waals surface area (Å²) in [5, 5.41) is 13.7. The summed E-state index contributed by atoms with van der Waals surface area (Å²) in [5.41, 5.74) is 3.86. The highest BCUT2D eigenvalue weighted by atomic mass is 32.2. The van der Waals surface area contributed by atoms with Crippen LogP contribution in [0.4, 0.5) is 5.69 Å². The second-order valence-electron chi connectivity index (χ2n) is 6.54. The number of nitrogens with one attached hydrogen (secondary N) is 2. The van der Waals surface area contributed by atoms with Crippen molar-refractivity contribution in [2.45, 2.75) is 25.9 Å². The lowest BCUT2D eigenvalue weighted by Gasteiger charge is -2.13. The third kappa shape index (κ3) is 4.96. The molecule has 2 amide bonds. The van der Waals surface area contributed by atoms with Crippen molar-refractivity contribution >= 4 is 29.3 Å². The molecule has 0 radical (unpaired) electrons. The third-order valence-electron chi connectivity index (χ3n) is 4.13. The number of hydrogen-bond donors (Lipinski definition) is 3. The van der Waals surface area contributed by atoms with E-state index in [2.05, 4.69) is 20.8 Å². The highest BCUT2D eigenvalue weighted by molar-refractivity contribution is 7.99. The van der Waals surface area contributed by atoms with Gasteiger partial charge in [0.15, 0.2) is 5.76 Å². The van der Waals surface area contributed by atoms with E-state index in [1.54, 1.807) is 12.1 Å². The summed E-state index contributed by atoms with van der Waals surface area (Å²) in [6, 6.07) is 7.43. The van der Waals surface area contributed by atoms with Gasteiger partial charge >= 0.3 is 0 Å². The Labute approximate surface area is 172 Å². The molecule has 0 aliphatic rings. The monoisotopic (exact) mass is 414 g/mol. The molecule has 29 heavy (non-hydrogen) atoms. The second-order valence-corrected chi connectivity index (χ2v) is 7.48. The van der Waals surface area contributed by atoms with Gasteiger partial charge in [0.1, 0.15) is 0 Å². The van der Waals surface area contributed by atoms with E-state index < -0.39 is 0 Å². The maximum Gasteiger partial charge on any atom is 0.243 e. The van der Waals surface area contributed by atoms with Gasteiger partial charge in [0.05, 0.1) is 18.6 Å². The zero-order chi connectivity index (χ0) is 21.0. The van der Waals surface area contributed by atoms with E-state index in [-0.39, 0.29) is 24.1 Å². The highest BCUT2D eigenvalue weighted by Crippen LogP contribution is 2.22. The number of anilines is 1. The van der Waals surface area contributed by atoms with Gasteiger partial charge in [0, 0.05) is 5.69 Å². The number of rotatable bonds is 7. The van der Waals surface area contributed by atoms with E-state index in [9.17, 15) is 9.59 Å². The van der Waals surface area contributed by atoms with Crippen molar-refractivity contribution in [3.8, 4) is 11.6 Å². The average molecular weight is 414 g/mol. The number of furan rings is 1. The van der Waals surface area contributed by atoms with Crippen molar-refractivity contribution in [3.63, 3.8) is 0 Å². The first-order valence-electron chi connectivity index (χ1n) is 8.86. The quantitative estimate of drug-likeness (QED) is 0.398. The number of carbonyl (C=O) groups is 2. The molecule has 0 fully saturated rings. The zero-order valence-corrected chi connectivity index (χ0v) is 17.2. The largest absolute Gasteiger partial charge is 0.461 e. The number of hydrogen-bond acceptors (Lipinski definition) is 7. The summed E-state index contributed by atoms with van der Waals surface area (Å²) in [7, 11) is 0. The number of aromatic nitrogens is 3. The molecule has 0 unspecified atom stereocenters. The lowest BCUT2D eigenvalue weighted by molar-refractivity contribution is -0.122. The van der Waals surface area contributed by atoms with Gasteiger partial charge in [-0.05, 0) is 44.0 Å². The van der Waals surface area contributed by atoms with Crippen LogP contribution in [0.1, 0.15) is 16.7 Å². The van der Waals surface area contributed by atoms with E-state index >= 15 is 0 Å². The van der Waals surface area contributed by atoms with E-state index in [1.165, 1.54) is 10.9 Å². The van der Waals surface area contributed by atoms with Crippen molar-refractivity contribution in [2.75, 3.05) is 23.5 Å². The fraction of sp³-hybridized carbons (Fsp3) is 0.263. The number of nitrogen functional groups attached to an aromatic ring is 1. The molecule has 0 spiro atoms. The van der Waals surface area contributed by atoms with Gasteiger partial charge in [0.25, 0.3) is 0 Å². The average Bonchev–Trinajstić information content (AvgIpc) is 3.31. The Morgan fingerprint density at radius 1 is 1.17 bits per heavy atom. The minimum Gasteiger partial charge on any atom is -0.461 e. The number of nitrogens with two attached hydrogens (primary N) is 1. The number of aryl methyl sites for hydroxylation is 3. The molecular formula is C19H22N6O3S. The van der Waals surface area contributed by atoms with E-state index in [1.807, 2.05) is 32.9 Å². The van der Waals surface area contributed by atoms with E-state index in [4.69, 9.17) is 10.3 Å². The molecule has 0 saturated heterocycles. The first kappa shape index (κ1) is 20.5. The maximum atomic E-state index is 12.2. The summed E-state index contributed by atoms with van der Waals surface area (Å²) in [6.07, 6.45) is 1.51. The molecule has 0 aliphatic heterocycles. The Morgan fingerprint density at radius 2 is 1.90 bits per heavy atom. The summed E-state index contributed by atoms with van der Waals surface area (Å²) in [5.74, 6) is 6.23. The van der Waals surface area contributed by atoms with Gasteiger partial charge in [-0.15, -0.1) is 10.2 Å². The Kier molecular flexibility index (Phi) is 6.23. The molecule has 152 valence electrons. The smallest absolute Gasteiger partial charge is 0.243 e. The fourth-order valence-electron chi connectivity index (χ4n) is 2.87. The third-order valence-corrected chi connectivity index (χ3v) is 5.07.